The minimum atomic E-state index is -2.07. The van der Waals surface area contributed by atoms with Crippen LogP contribution in [0.15, 0.2) is 60.7 Å². The van der Waals surface area contributed by atoms with Crippen molar-refractivity contribution in [3.05, 3.63) is 71.8 Å². The normalized spacial score (nSPS) is 18.8. The first-order valence-corrected chi connectivity index (χ1v) is 44.0. The van der Waals surface area contributed by atoms with E-state index in [1.165, 1.54) is 11.8 Å². The number of esters is 1. The lowest BCUT2D eigenvalue weighted by molar-refractivity contribution is -0.141. The summed E-state index contributed by atoms with van der Waals surface area (Å²) in [6, 6.07) is -1.40. The molecule has 0 bridgehead atoms. The maximum atomic E-state index is 15.5. The van der Waals surface area contributed by atoms with Crippen LogP contribution in [0.3, 0.4) is 0 Å². The van der Waals surface area contributed by atoms with E-state index in [0.29, 0.717) is 11.1 Å². The zero-order valence-corrected chi connectivity index (χ0v) is 79.5. The second-order valence-electron chi connectivity index (χ2n) is 37.0. The Labute approximate surface area is 770 Å². The summed E-state index contributed by atoms with van der Waals surface area (Å²) < 4.78 is 37.6. The summed E-state index contributed by atoms with van der Waals surface area (Å²) in [5.41, 5.74) is -4.06. The summed E-state index contributed by atoms with van der Waals surface area (Å²) in [6.45, 7) is 26.9. The van der Waals surface area contributed by atoms with Gasteiger partial charge in [-0.2, -0.15) is 0 Å². The highest BCUT2D eigenvalue weighted by molar-refractivity contribution is 6.00. The van der Waals surface area contributed by atoms with Crippen LogP contribution in [0.1, 0.15) is 207 Å². The highest BCUT2D eigenvalue weighted by Crippen LogP contribution is 2.17. The summed E-state index contributed by atoms with van der Waals surface area (Å²) in [5, 5.41) is 63.0. The van der Waals surface area contributed by atoms with Crippen LogP contribution in [0.25, 0.3) is 0 Å². The first-order chi connectivity index (χ1) is 61.4. The minimum Gasteiger partial charge on any atom is -0.466 e. The largest absolute Gasteiger partial charge is 0.466 e. The SMILES string of the molecule is CC(=O)OCCCN(CCC(=O)N[C@@H](CCNC(=O)OC(C)(C)C)C(=O)N[C@H](C(=O)N[C@@H](CCNC(=O)OC(C)(C)C)C(=O)N[C@H]1CCNC(=O)[C@H]([C@@H](C)O)NC(=O)[C@H](CCNC(=O)OC(C)(C)C)NC(=O)[C@H](CCNC(=O)OC(C)(C)C)NC(=O)[C@H](CC(C)C)NC(=O)[C@@H](Cc2ccccc2)NC(=O)[C@H](CCNC(=O)OC(C)(C)C)NC1=O)[C@@H](C)O)C(=O)OCc1ccccc1. The molecule has 0 spiro atoms. The third kappa shape index (κ3) is 48.5. The van der Waals surface area contributed by atoms with Gasteiger partial charge < -0.3 is 133 Å². The summed E-state index contributed by atoms with van der Waals surface area (Å²) >= 11 is 0. The lowest BCUT2D eigenvalue weighted by Gasteiger charge is -2.29. The van der Waals surface area contributed by atoms with Crippen LogP contribution in [-0.2, 0) is 104 Å². The van der Waals surface area contributed by atoms with Crippen molar-refractivity contribution < 1.29 is 130 Å². The van der Waals surface area contributed by atoms with E-state index in [0.717, 1.165) is 13.8 Å². The van der Waals surface area contributed by atoms with Gasteiger partial charge in [0.05, 0.1) is 18.8 Å². The molecule has 2 aromatic carbocycles. The van der Waals surface area contributed by atoms with Gasteiger partial charge in [0.25, 0.3) is 0 Å². The third-order valence-electron chi connectivity index (χ3n) is 18.4. The quantitative estimate of drug-likeness (QED) is 0.0261. The predicted octanol–water partition coefficient (Wildman–Crippen LogP) is 1.96. The van der Waals surface area contributed by atoms with Crippen LogP contribution in [0.2, 0.25) is 0 Å². The fraction of sp³-hybridized carbons (Fsp3) is 0.659. The van der Waals surface area contributed by atoms with Gasteiger partial charge in [-0.25, -0.2) is 28.8 Å². The molecule has 3 rings (SSSR count). The Morgan fingerprint density at radius 1 is 0.447 bits per heavy atom. The third-order valence-corrected chi connectivity index (χ3v) is 18.4. The van der Waals surface area contributed by atoms with Gasteiger partial charge in [0, 0.05) is 72.1 Å². The van der Waals surface area contributed by atoms with Gasteiger partial charge in [-0.15, -0.1) is 0 Å². The lowest BCUT2D eigenvalue weighted by atomic mass is 10.00. The van der Waals surface area contributed by atoms with E-state index in [-0.39, 0.29) is 58.7 Å². The molecule has 18 N–H and O–H groups in total. The van der Waals surface area contributed by atoms with Crippen molar-refractivity contribution >= 4 is 108 Å². The van der Waals surface area contributed by atoms with Crippen molar-refractivity contribution in [1.29, 1.82) is 0 Å². The molecule has 44 heteroatoms. The van der Waals surface area contributed by atoms with Gasteiger partial charge in [0.1, 0.15) is 95.0 Å². The van der Waals surface area contributed by atoms with Gasteiger partial charge in [-0.3, -0.25) is 57.5 Å². The van der Waals surface area contributed by atoms with Gasteiger partial charge >= 0.3 is 42.5 Å². The van der Waals surface area contributed by atoms with E-state index >= 15 is 19.2 Å². The summed E-state index contributed by atoms with van der Waals surface area (Å²) in [6.07, 6.45) is -13.4. The molecule has 1 aliphatic rings. The van der Waals surface area contributed by atoms with Crippen molar-refractivity contribution in [2.45, 2.75) is 310 Å². The molecule has 0 aromatic heterocycles. The monoisotopic (exact) mass is 1870 g/mol. The minimum absolute atomic E-state index is 0.0752. The number of rotatable bonds is 37. The Balaban J connectivity index is 2.38. The number of benzene rings is 2. The molecular weight excluding hydrogens is 1730 g/mol. The zero-order chi connectivity index (χ0) is 99.6. The number of hydrogen-bond acceptors (Lipinski definition) is 27. The summed E-state index contributed by atoms with van der Waals surface area (Å²) in [4.78, 5) is 256. The Morgan fingerprint density at radius 3 is 1.27 bits per heavy atom. The molecule has 2 aromatic rings. The maximum absolute atomic E-state index is 15.5. The molecule has 740 valence electrons. The Hall–Kier alpha value is -12.4. The summed E-state index contributed by atoms with van der Waals surface area (Å²) in [7, 11) is 0. The molecule has 17 amide bonds. The highest BCUT2D eigenvalue weighted by atomic mass is 16.6. The Bertz CT molecular complexity index is 4160. The maximum Gasteiger partial charge on any atom is 0.410 e. The molecule has 0 saturated carbocycles. The fourth-order valence-electron chi connectivity index (χ4n) is 12.3. The Kier molecular flexibility index (Phi) is 47.5. The number of hydrogen-bond donors (Lipinski definition) is 18. The van der Waals surface area contributed by atoms with Gasteiger partial charge in [-0.05, 0) is 186 Å². The first-order valence-electron chi connectivity index (χ1n) is 44.0. The second-order valence-corrected chi connectivity index (χ2v) is 37.0. The highest BCUT2D eigenvalue weighted by Gasteiger charge is 2.40. The van der Waals surface area contributed by atoms with E-state index in [2.05, 4.69) is 85.1 Å². The smallest absolute Gasteiger partial charge is 0.410 e. The molecule has 1 heterocycles. The molecule has 1 fully saturated rings. The van der Waals surface area contributed by atoms with Gasteiger partial charge in [0.15, 0.2) is 0 Å². The van der Waals surface area contributed by atoms with E-state index in [4.69, 9.17) is 33.2 Å². The molecule has 1 saturated heterocycles. The lowest BCUT2D eigenvalue weighted by Crippen LogP contribution is -2.62. The number of aliphatic hydroxyl groups is 2. The van der Waals surface area contributed by atoms with Crippen molar-refractivity contribution in [3.8, 4) is 0 Å². The van der Waals surface area contributed by atoms with Crippen LogP contribution in [0, 0.1) is 5.92 Å². The topological polar surface area (TPSA) is 608 Å². The molecule has 12 atom stereocenters. The van der Waals surface area contributed by atoms with E-state index < -0.39 is 285 Å². The standard InChI is InChI=1S/C88H141N17O27/c1-51(2)48-63-74(116)99-59(34-41-91-79(121)129-85(9,10)11)69(111)98-62(37-44-94-82(124)132-88(18,19)20)73(115)103-66(52(3)106)76(118)89-39-32-58(68(110)97-60(35-42-92-80(122)130-86(12,13)14)71(113)102-64(75(117)101-63)49-55-28-23-21-24-29-55)96-70(112)61(36-43-93-81(123)131-87(15,16)17)100-77(119)67(53(4)107)104-72(114)57(33-40-90-78(120)128-84(6,7)8)95-65(109)38-46-105(45-27-47-126-54(5)108)83(125)127-50-56-30-25-22-26-31-56/h21-26,28-31,51-53,57-64,66-67,106-107H,27,32-50H2,1-20H3,(H,89,118)(H,90,120)(H,91,121)(H,92,122)(H,93,123)(H,94,124)(H,95,109)(H,96,112)(H,97,110)(H,98,111)(H,99,116)(H,100,119)(H,101,117)(H,102,113)(H,103,115)(H,104,114)/t52-,53-,57+,58+,59+,60+,61+,62+,63+,64-,66+,67+/m1/s1. The number of aliphatic hydroxyl groups excluding tert-OH is 2. The zero-order valence-electron chi connectivity index (χ0n) is 79.5. The first kappa shape index (κ1) is 114. The van der Waals surface area contributed by atoms with E-state index in [9.17, 15) is 77.3 Å². The number of nitrogens with one attached hydrogen (secondary N) is 16. The van der Waals surface area contributed by atoms with Crippen molar-refractivity contribution in [1.82, 2.24) is 90.0 Å². The molecule has 44 nitrogen and oxygen atoms in total. The fourth-order valence-corrected chi connectivity index (χ4v) is 12.3. The number of carbonyl (C=O) groups is 18. The number of amides is 17. The Morgan fingerprint density at radius 2 is 0.841 bits per heavy atom. The number of carbonyl (C=O) groups excluding carboxylic acids is 18. The van der Waals surface area contributed by atoms with E-state index in [1.807, 2.05) is 0 Å². The average Bonchev–Trinajstić information content (AvgIpc) is 1.02. The van der Waals surface area contributed by atoms with Crippen LogP contribution < -0.4 is 85.1 Å². The molecule has 0 radical (unpaired) electrons. The molecular formula is C88H141N17O27. The van der Waals surface area contributed by atoms with Crippen LogP contribution in [0.5, 0.6) is 0 Å². The molecule has 1 aliphatic heterocycles. The summed E-state index contributed by atoms with van der Waals surface area (Å²) in [5.74, 6) is -13.5. The molecule has 0 unspecified atom stereocenters. The second kappa shape index (κ2) is 55.1. The van der Waals surface area contributed by atoms with Crippen molar-refractivity contribution in [3.63, 3.8) is 0 Å². The number of alkyl carbamates (subject to hydrolysis) is 5. The van der Waals surface area contributed by atoms with Crippen LogP contribution in [-0.4, -0.2) is 282 Å². The van der Waals surface area contributed by atoms with Crippen LogP contribution in [0.4, 0.5) is 28.8 Å². The number of ether oxygens (including phenoxy) is 7. The van der Waals surface area contributed by atoms with Crippen molar-refractivity contribution in [2.75, 3.05) is 59.0 Å². The van der Waals surface area contributed by atoms with Gasteiger partial charge in [0.2, 0.25) is 65.0 Å². The molecule has 132 heavy (non-hydrogen) atoms. The van der Waals surface area contributed by atoms with E-state index in [1.54, 1.807) is 178 Å². The number of nitrogens with zero attached hydrogens (tertiary/aromatic N) is 1. The molecule has 0 aliphatic carbocycles. The van der Waals surface area contributed by atoms with Crippen molar-refractivity contribution in [2.24, 2.45) is 5.92 Å². The average molecular weight is 1870 g/mol. The van der Waals surface area contributed by atoms with Crippen LogP contribution >= 0.6 is 0 Å². The predicted molar refractivity (Wildman–Crippen MR) is 478 cm³/mol. The van der Waals surface area contributed by atoms with Gasteiger partial charge in [-0.1, -0.05) is 74.5 Å².